The third-order valence-corrected chi connectivity index (χ3v) is 10.3. The molecule has 1 aliphatic rings. The van der Waals surface area contributed by atoms with Crippen molar-refractivity contribution < 1.29 is 8.83 Å². The highest BCUT2D eigenvalue weighted by Crippen LogP contribution is 2.43. The fraction of sp³-hybridized carbons (Fsp3) is 0.0213. The second-order valence-electron chi connectivity index (χ2n) is 13.3. The van der Waals surface area contributed by atoms with Crippen LogP contribution in [-0.2, 0) is 0 Å². The van der Waals surface area contributed by atoms with Crippen LogP contribution in [0.5, 0.6) is 0 Å². The minimum Gasteiger partial charge on any atom is -0.456 e. The molecular formula is C47H29N3O2. The number of furan rings is 2. The van der Waals surface area contributed by atoms with Crippen LogP contribution in [0.25, 0.3) is 82.5 Å². The quantitative estimate of drug-likeness (QED) is 0.190. The van der Waals surface area contributed by atoms with Crippen LogP contribution in [0.15, 0.2) is 178 Å². The summed E-state index contributed by atoms with van der Waals surface area (Å²) in [4.78, 5) is 10.5. The Hall–Kier alpha value is -6.98. The first kappa shape index (κ1) is 28.8. The second kappa shape index (κ2) is 11.3. The topological polar surface area (TPSA) is 63.6 Å². The van der Waals surface area contributed by atoms with E-state index in [9.17, 15) is 0 Å². The normalized spacial score (nSPS) is 14.7. The standard InChI is InChI=1S/C47H29N3O2/c1-3-13-28(14-4-1)38-27-39(33-20-12-24-41-42(33)34-18-8-10-23-40(34)51-41)50-47(49-38)36-21-11-19-30-31-25-26-35-43(46(31)52-45(30)36)32-17-7-9-22-37(32)48-44(35)29-15-5-2-6-16-29/h1-27,47,50H. The van der Waals surface area contributed by atoms with Crippen molar-refractivity contribution in [3.05, 3.63) is 180 Å². The van der Waals surface area contributed by atoms with Crippen molar-refractivity contribution in [3.8, 4) is 11.3 Å². The molecular weight excluding hydrogens is 639 g/mol. The average molecular weight is 668 g/mol. The molecule has 5 heteroatoms. The van der Waals surface area contributed by atoms with Gasteiger partial charge in [-0.1, -0.05) is 133 Å². The third kappa shape index (κ3) is 4.36. The van der Waals surface area contributed by atoms with Gasteiger partial charge in [-0.3, -0.25) is 4.99 Å². The zero-order valence-corrected chi connectivity index (χ0v) is 27.9. The maximum atomic E-state index is 7.07. The van der Waals surface area contributed by atoms with Crippen molar-refractivity contribution >= 4 is 77.0 Å². The van der Waals surface area contributed by atoms with E-state index >= 15 is 0 Å². The van der Waals surface area contributed by atoms with E-state index in [0.717, 1.165) is 105 Å². The highest BCUT2D eigenvalue weighted by atomic mass is 16.3. The fourth-order valence-corrected chi connectivity index (χ4v) is 7.95. The first-order valence-electron chi connectivity index (χ1n) is 17.5. The van der Waals surface area contributed by atoms with Gasteiger partial charge in [0.15, 0.2) is 0 Å². The summed E-state index contributed by atoms with van der Waals surface area (Å²) >= 11 is 0. The van der Waals surface area contributed by atoms with E-state index in [0.29, 0.717) is 0 Å². The summed E-state index contributed by atoms with van der Waals surface area (Å²) in [6.07, 6.45) is 1.73. The van der Waals surface area contributed by atoms with Crippen LogP contribution in [0, 0.1) is 0 Å². The summed E-state index contributed by atoms with van der Waals surface area (Å²) in [7, 11) is 0. The van der Waals surface area contributed by atoms with Crippen molar-refractivity contribution in [3.63, 3.8) is 0 Å². The molecule has 1 N–H and O–H groups in total. The average Bonchev–Trinajstić information content (AvgIpc) is 3.80. The summed E-state index contributed by atoms with van der Waals surface area (Å²) in [5.74, 6) is 0. The minimum absolute atomic E-state index is 0.419. The summed E-state index contributed by atoms with van der Waals surface area (Å²) in [5.41, 5.74) is 11.3. The van der Waals surface area contributed by atoms with Crippen molar-refractivity contribution in [1.29, 1.82) is 0 Å². The summed E-state index contributed by atoms with van der Waals surface area (Å²) < 4.78 is 13.4. The van der Waals surface area contributed by atoms with Crippen LogP contribution in [0.3, 0.4) is 0 Å². The lowest BCUT2D eigenvalue weighted by atomic mass is 9.97. The van der Waals surface area contributed by atoms with E-state index in [-0.39, 0.29) is 0 Å². The molecule has 3 aromatic heterocycles. The largest absolute Gasteiger partial charge is 0.456 e. The molecule has 52 heavy (non-hydrogen) atoms. The predicted molar refractivity (Wildman–Crippen MR) is 213 cm³/mol. The van der Waals surface area contributed by atoms with Crippen LogP contribution in [0.4, 0.5) is 0 Å². The lowest BCUT2D eigenvalue weighted by Gasteiger charge is -2.25. The van der Waals surface area contributed by atoms with E-state index in [2.05, 4.69) is 133 Å². The smallest absolute Gasteiger partial charge is 0.149 e. The fourth-order valence-electron chi connectivity index (χ4n) is 7.95. The van der Waals surface area contributed by atoms with Gasteiger partial charge in [-0.15, -0.1) is 0 Å². The van der Waals surface area contributed by atoms with Crippen LogP contribution >= 0.6 is 0 Å². The Kier molecular flexibility index (Phi) is 6.25. The highest BCUT2D eigenvalue weighted by molar-refractivity contribution is 6.25. The highest BCUT2D eigenvalue weighted by Gasteiger charge is 2.26. The molecule has 4 heterocycles. The summed E-state index contributed by atoms with van der Waals surface area (Å²) in [6.45, 7) is 0. The van der Waals surface area contributed by atoms with Gasteiger partial charge in [0.25, 0.3) is 0 Å². The maximum Gasteiger partial charge on any atom is 0.149 e. The third-order valence-electron chi connectivity index (χ3n) is 10.3. The molecule has 0 radical (unpaired) electrons. The van der Waals surface area contributed by atoms with E-state index in [1.807, 2.05) is 36.4 Å². The number of hydrogen-bond donors (Lipinski definition) is 1. The van der Waals surface area contributed by atoms with E-state index in [1.165, 1.54) is 0 Å². The summed E-state index contributed by atoms with van der Waals surface area (Å²) in [5, 5.41) is 11.3. The number of allylic oxidation sites excluding steroid dienone is 1. The van der Waals surface area contributed by atoms with Crippen LogP contribution < -0.4 is 5.32 Å². The van der Waals surface area contributed by atoms with Gasteiger partial charge in [-0.25, -0.2) is 4.98 Å². The predicted octanol–water partition coefficient (Wildman–Crippen LogP) is 12.0. The number of hydrogen-bond acceptors (Lipinski definition) is 5. The molecule has 244 valence electrons. The molecule has 0 saturated carbocycles. The number of nitrogens with one attached hydrogen (secondary N) is 1. The molecule has 0 amide bonds. The maximum absolute atomic E-state index is 7.07. The molecule has 0 fully saturated rings. The number of aromatic nitrogens is 1. The van der Waals surface area contributed by atoms with Crippen LogP contribution in [0.1, 0.15) is 22.9 Å². The zero-order chi connectivity index (χ0) is 34.2. The Morgan fingerprint density at radius 1 is 0.481 bits per heavy atom. The van der Waals surface area contributed by atoms with Crippen molar-refractivity contribution in [2.24, 2.45) is 4.99 Å². The van der Waals surface area contributed by atoms with E-state index in [1.54, 1.807) is 0 Å². The molecule has 0 saturated heterocycles. The van der Waals surface area contributed by atoms with Gasteiger partial charge >= 0.3 is 0 Å². The van der Waals surface area contributed by atoms with E-state index in [4.69, 9.17) is 18.8 Å². The monoisotopic (exact) mass is 667 g/mol. The molecule has 5 nitrogen and oxygen atoms in total. The number of pyridine rings is 1. The number of aliphatic imine (C=N–C) groups is 1. The van der Waals surface area contributed by atoms with Gasteiger partial charge < -0.3 is 14.2 Å². The van der Waals surface area contributed by atoms with Crippen molar-refractivity contribution in [2.75, 3.05) is 0 Å². The number of benzene rings is 7. The number of rotatable bonds is 4. The Labute approximate surface area is 298 Å². The van der Waals surface area contributed by atoms with Crippen LogP contribution in [0.2, 0.25) is 0 Å². The van der Waals surface area contributed by atoms with Crippen LogP contribution in [-0.4, -0.2) is 10.7 Å². The van der Waals surface area contributed by atoms with E-state index < -0.39 is 6.17 Å². The molecule has 11 rings (SSSR count). The van der Waals surface area contributed by atoms with Gasteiger partial charge in [0, 0.05) is 60.1 Å². The second-order valence-corrected chi connectivity index (χ2v) is 13.3. The SMILES string of the molecule is C1=C(c2cccc3oc4ccccc4c23)NC(c2cccc3c2oc2c3ccc3c(-c4ccccc4)nc4ccccc4c32)N=C1c1ccccc1. The molecule has 0 spiro atoms. The Balaban J connectivity index is 1.14. The molecule has 7 aromatic carbocycles. The number of para-hydroxylation sites is 3. The lowest BCUT2D eigenvalue weighted by Crippen LogP contribution is -2.25. The molecule has 1 aliphatic heterocycles. The van der Waals surface area contributed by atoms with Crippen molar-refractivity contribution in [1.82, 2.24) is 10.3 Å². The lowest BCUT2D eigenvalue weighted by molar-refractivity contribution is 0.626. The Bertz CT molecular complexity index is 3100. The Morgan fingerprint density at radius 2 is 1.15 bits per heavy atom. The van der Waals surface area contributed by atoms with Gasteiger partial charge in [0.05, 0.1) is 16.9 Å². The minimum atomic E-state index is -0.419. The Morgan fingerprint density at radius 3 is 2.02 bits per heavy atom. The van der Waals surface area contributed by atoms with Crippen molar-refractivity contribution in [2.45, 2.75) is 6.17 Å². The molecule has 1 unspecified atom stereocenters. The number of nitrogens with zero attached hydrogens (tertiary/aromatic N) is 2. The first-order chi connectivity index (χ1) is 25.8. The van der Waals surface area contributed by atoms with Gasteiger partial charge in [0.2, 0.25) is 0 Å². The molecule has 0 bridgehead atoms. The number of fused-ring (bicyclic) bond motifs is 10. The first-order valence-corrected chi connectivity index (χ1v) is 17.5. The van der Waals surface area contributed by atoms with Gasteiger partial charge in [0.1, 0.15) is 28.5 Å². The van der Waals surface area contributed by atoms with Gasteiger partial charge in [-0.2, -0.15) is 0 Å². The molecule has 0 aliphatic carbocycles. The molecule has 1 atom stereocenters. The molecule has 10 aromatic rings. The zero-order valence-electron chi connectivity index (χ0n) is 27.9. The van der Waals surface area contributed by atoms with Gasteiger partial charge in [-0.05, 0) is 35.9 Å². The summed E-state index contributed by atoms with van der Waals surface area (Å²) in [6, 6.07) is 54.3.